The van der Waals surface area contributed by atoms with Gasteiger partial charge in [0.25, 0.3) is 11.8 Å². The number of imide groups is 1. The normalized spacial score (nSPS) is 15.0. The predicted molar refractivity (Wildman–Crippen MR) is 69.7 cm³/mol. The number of carbonyl (C=O) groups is 2. The van der Waals surface area contributed by atoms with E-state index in [0.29, 0.717) is 5.69 Å². The number of nitrogens with one attached hydrogen (secondary N) is 1. The topological polar surface area (TPSA) is 69.6 Å². The van der Waals surface area contributed by atoms with E-state index in [1.54, 1.807) is 12.1 Å². The SMILES string of the molecule is O=C1C=C(Nc2cccc(Br)c2)C(=O)N1CCO. The predicted octanol–water partition coefficient (Wildman–Crippen LogP) is 1.11. The van der Waals surface area contributed by atoms with Crippen molar-refractivity contribution < 1.29 is 14.7 Å². The molecule has 18 heavy (non-hydrogen) atoms. The van der Waals surface area contributed by atoms with Gasteiger partial charge in [0.2, 0.25) is 0 Å². The van der Waals surface area contributed by atoms with Crippen LogP contribution in [0.5, 0.6) is 0 Å². The molecule has 1 aromatic carbocycles. The van der Waals surface area contributed by atoms with E-state index in [1.165, 1.54) is 6.08 Å². The van der Waals surface area contributed by atoms with Crippen LogP contribution in [0.25, 0.3) is 0 Å². The van der Waals surface area contributed by atoms with Crippen molar-refractivity contribution in [3.05, 3.63) is 40.5 Å². The third-order valence-corrected chi connectivity index (χ3v) is 2.93. The molecule has 0 aliphatic carbocycles. The number of carbonyl (C=O) groups excluding carboxylic acids is 2. The molecule has 0 radical (unpaired) electrons. The van der Waals surface area contributed by atoms with Crippen LogP contribution in [-0.2, 0) is 9.59 Å². The van der Waals surface area contributed by atoms with Gasteiger partial charge in [-0.05, 0) is 18.2 Å². The zero-order valence-electron chi connectivity index (χ0n) is 9.39. The number of hydrogen-bond acceptors (Lipinski definition) is 4. The van der Waals surface area contributed by atoms with Crippen LogP contribution in [-0.4, -0.2) is 35.0 Å². The van der Waals surface area contributed by atoms with E-state index in [2.05, 4.69) is 21.2 Å². The summed E-state index contributed by atoms with van der Waals surface area (Å²) in [4.78, 5) is 24.4. The van der Waals surface area contributed by atoms with Crippen LogP contribution >= 0.6 is 15.9 Å². The molecule has 2 N–H and O–H groups in total. The summed E-state index contributed by atoms with van der Waals surface area (Å²) in [7, 11) is 0. The lowest BCUT2D eigenvalue weighted by molar-refractivity contribution is -0.137. The number of aliphatic hydroxyl groups is 1. The first kappa shape index (κ1) is 12.8. The van der Waals surface area contributed by atoms with Gasteiger partial charge in [-0.2, -0.15) is 0 Å². The van der Waals surface area contributed by atoms with Crippen molar-refractivity contribution in [1.29, 1.82) is 0 Å². The van der Waals surface area contributed by atoms with Gasteiger partial charge in [0.15, 0.2) is 0 Å². The minimum atomic E-state index is -0.422. The quantitative estimate of drug-likeness (QED) is 0.817. The molecule has 1 aliphatic heterocycles. The second kappa shape index (κ2) is 5.32. The van der Waals surface area contributed by atoms with E-state index in [9.17, 15) is 9.59 Å². The lowest BCUT2D eigenvalue weighted by Crippen LogP contribution is -2.34. The van der Waals surface area contributed by atoms with E-state index in [0.717, 1.165) is 9.37 Å². The Balaban J connectivity index is 2.14. The van der Waals surface area contributed by atoms with Crippen LogP contribution in [0.4, 0.5) is 5.69 Å². The number of benzene rings is 1. The van der Waals surface area contributed by atoms with Gasteiger partial charge in [-0.15, -0.1) is 0 Å². The summed E-state index contributed by atoms with van der Waals surface area (Å²) < 4.78 is 0.872. The number of nitrogens with zero attached hydrogens (tertiary/aromatic N) is 1. The molecule has 5 nitrogen and oxygen atoms in total. The minimum Gasteiger partial charge on any atom is -0.395 e. The Hall–Kier alpha value is -1.66. The Morgan fingerprint density at radius 3 is 2.78 bits per heavy atom. The molecule has 2 rings (SSSR count). The maximum atomic E-state index is 11.8. The van der Waals surface area contributed by atoms with Crippen LogP contribution in [0.3, 0.4) is 0 Å². The number of amides is 2. The summed E-state index contributed by atoms with van der Waals surface area (Å²) in [5.41, 5.74) is 0.925. The number of anilines is 1. The van der Waals surface area contributed by atoms with Crippen molar-refractivity contribution in [2.24, 2.45) is 0 Å². The Bertz CT molecular complexity index is 528. The fourth-order valence-corrected chi connectivity index (χ4v) is 2.03. The summed E-state index contributed by atoms with van der Waals surface area (Å²) in [6, 6.07) is 7.27. The number of aliphatic hydroxyl groups excluding tert-OH is 1. The van der Waals surface area contributed by atoms with E-state index < -0.39 is 11.8 Å². The standard InChI is InChI=1S/C12H11BrN2O3/c13-8-2-1-3-9(6-8)14-10-7-11(17)15(4-5-16)12(10)18/h1-3,6-7,14,16H,4-5H2. The highest BCUT2D eigenvalue weighted by Crippen LogP contribution is 2.20. The fourth-order valence-electron chi connectivity index (χ4n) is 1.63. The average Bonchev–Trinajstić information content (AvgIpc) is 2.57. The van der Waals surface area contributed by atoms with Crippen LogP contribution in [0.2, 0.25) is 0 Å². The van der Waals surface area contributed by atoms with Gasteiger partial charge in [0.05, 0.1) is 13.2 Å². The van der Waals surface area contributed by atoms with Crippen LogP contribution in [0.1, 0.15) is 0 Å². The highest BCUT2D eigenvalue weighted by Gasteiger charge is 2.30. The number of halogens is 1. The summed E-state index contributed by atoms with van der Waals surface area (Å²) in [5.74, 6) is -0.833. The molecule has 94 valence electrons. The number of β-amino-alcohol motifs (C(OH)–C–C–N with tert-alkyl or cyclic N) is 1. The van der Waals surface area contributed by atoms with Crippen LogP contribution in [0.15, 0.2) is 40.5 Å². The molecule has 6 heteroatoms. The molecule has 0 unspecified atom stereocenters. The molecule has 0 saturated carbocycles. The first-order chi connectivity index (χ1) is 8.61. The summed E-state index contributed by atoms with van der Waals surface area (Å²) in [5, 5.41) is 11.7. The largest absolute Gasteiger partial charge is 0.395 e. The number of rotatable bonds is 4. The van der Waals surface area contributed by atoms with Crippen molar-refractivity contribution in [1.82, 2.24) is 4.90 Å². The molecule has 1 aromatic rings. The van der Waals surface area contributed by atoms with Crippen molar-refractivity contribution in [3.8, 4) is 0 Å². The van der Waals surface area contributed by atoms with E-state index in [1.807, 2.05) is 12.1 Å². The van der Waals surface area contributed by atoms with Gasteiger partial charge in [0.1, 0.15) is 5.70 Å². The Morgan fingerprint density at radius 1 is 1.33 bits per heavy atom. The Morgan fingerprint density at radius 2 is 2.11 bits per heavy atom. The highest BCUT2D eigenvalue weighted by atomic mass is 79.9. The van der Waals surface area contributed by atoms with Crippen LogP contribution < -0.4 is 5.32 Å². The first-order valence-corrected chi connectivity index (χ1v) is 6.12. The van der Waals surface area contributed by atoms with Crippen molar-refractivity contribution in [3.63, 3.8) is 0 Å². The smallest absolute Gasteiger partial charge is 0.277 e. The number of hydrogen-bond donors (Lipinski definition) is 2. The zero-order valence-corrected chi connectivity index (χ0v) is 11.0. The minimum absolute atomic E-state index is 0.0117. The molecule has 0 saturated heterocycles. The molecule has 0 aromatic heterocycles. The highest BCUT2D eigenvalue weighted by molar-refractivity contribution is 9.10. The summed E-state index contributed by atoms with van der Waals surface area (Å²) in [6.45, 7) is -0.229. The maximum absolute atomic E-state index is 11.8. The molecular formula is C12H11BrN2O3. The van der Waals surface area contributed by atoms with Gasteiger partial charge in [-0.1, -0.05) is 22.0 Å². The van der Waals surface area contributed by atoms with Gasteiger partial charge in [-0.25, -0.2) is 0 Å². The monoisotopic (exact) mass is 310 g/mol. The average molecular weight is 311 g/mol. The molecule has 0 spiro atoms. The Labute approximate surface area is 112 Å². The summed E-state index contributed by atoms with van der Waals surface area (Å²) in [6.07, 6.45) is 1.24. The van der Waals surface area contributed by atoms with Crippen molar-refractivity contribution >= 4 is 33.4 Å². The second-order valence-electron chi connectivity index (χ2n) is 3.71. The van der Waals surface area contributed by atoms with Crippen molar-refractivity contribution in [2.45, 2.75) is 0 Å². The maximum Gasteiger partial charge on any atom is 0.277 e. The van der Waals surface area contributed by atoms with E-state index >= 15 is 0 Å². The lowest BCUT2D eigenvalue weighted by Gasteiger charge is -2.13. The molecule has 0 bridgehead atoms. The summed E-state index contributed by atoms with van der Waals surface area (Å²) >= 11 is 3.32. The third kappa shape index (κ3) is 2.60. The van der Waals surface area contributed by atoms with Crippen LogP contribution in [0, 0.1) is 0 Å². The molecule has 0 atom stereocenters. The first-order valence-electron chi connectivity index (χ1n) is 5.33. The van der Waals surface area contributed by atoms with Gasteiger partial charge < -0.3 is 10.4 Å². The van der Waals surface area contributed by atoms with Gasteiger partial charge in [0, 0.05) is 16.2 Å². The molecule has 1 heterocycles. The lowest BCUT2D eigenvalue weighted by atomic mass is 10.3. The molecular weight excluding hydrogens is 300 g/mol. The van der Waals surface area contributed by atoms with Crippen molar-refractivity contribution in [2.75, 3.05) is 18.5 Å². The van der Waals surface area contributed by atoms with E-state index in [4.69, 9.17) is 5.11 Å². The third-order valence-electron chi connectivity index (χ3n) is 2.44. The molecule has 2 amide bonds. The van der Waals surface area contributed by atoms with Gasteiger partial charge in [-0.3, -0.25) is 14.5 Å². The van der Waals surface area contributed by atoms with E-state index in [-0.39, 0.29) is 18.8 Å². The molecule has 0 fully saturated rings. The fraction of sp³-hybridized carbons (Fsp3) is 0.167. The zero-order chi connectivity index (χ0) is 13.1. The Kier molecular flexibility index (Phi) is 3.78. The second-order valence-corrected chi connectivity index (χ2v) is 4.63. The molecule has 1 aliphatic rings. The van der Waals surface area contributed by atoms with Gasteiger partial charge >= 0.3 is 0 Å².